The molecule has 2 saturated heterocycles. The molecule has 5 fully saturated rings. The van der Waals surface area contributed by atoms with Crippen molar-refractivity contribution in [1.82, 2.24) is 5.32 Å². The van der Waals surface area contributed by atoms with Gasteiger partial charge in [-0.25, -0.2) is 0 Å². The molecule has 7 aliphatic rings. The zero-order chi connectivity index (χ0) is 24.3. The van der Waals surface area contributed by atoms with Gasteiger partial charge in [0.2, 0.25) is 0 Å². The highest BCUT2D eigenvalue weighted by molar-refractivity contribution is 8.14. The van der Waals surface area contributed by atoms with Gasteiger partial charge in [-0.15, -0.1) is 11.8 Å². The molecule has 5 heteroatoms. The molecular formula is C30H47N3OS. The number of fused-ring (bicyclic) bond motifs is 7. The van der Waals surface area contributed by atoms with Gasteiger partial charge in [0, 0.05) is 11.2 Å². The fraction of sp³-hybridized carbons (Fsp3) is 0.900. The van der Waals surface area contributed by atoms with Crippen molar-refractivity contribution in [2.75, 3.05) is 6.54 Å². The Bertz CT molecular complexity index is 979. The Morgan fingerprint density at radius 2 is 1.97 bits per heavy atom. The Kier molecular flexibility index (Phi) is 5.31. The number of hydrogen-bond acceptors (Lipinski definition) is 5. The van der Waals surface area contributed by atoms with Gasteiger partial charge < -0.3 is 10.5 Å². The summed E-state index contributed by atoms with van der Waals surface area (Å²) < 4.78 is 7.06. The largest absolute Gasteiger partial charge is 0.368 e. The summed E-state index contributed by atoms with van der Waals surface area (Å²) in [4.78, 5) is 5.04. The van der Waals surface area contributed by atoms with E-state index in [4.69, 9.17) is 15.5 Å². The average Bonchev–Trinajstić information content (AvgIpc) is 3.39. The lowest BCUT2D eigenvalue weighted by Crippen LogP contribution is -2.67. The second kappa shape index (κ2) is 7.83. The standard InChI is InChI=1S/C30H47N3OS/c1-16-10-27-30(31,32-15-16)18(3)29(34-27)9-8-21-22-7-6-20-11-25-26(35-19(4)33-25)14-28(20,5)24(22)12-23(21)17(2)13-29/h16,18,20-22,24-27,32H,6-15,31H2,1-5H3/t16-,18-,20?,21-,22?,24-,25?,26?,27+,28-,29?,30-/m0/s1. The maximum Gasteiger partial charge on any atom is 0.0986 e. The van der Waals surface area contributed by atoms with E-state index in [-0.39, 0.29) is 17.4 Å². The van der Waals surface area contributed by atoms with Gasteiger partial charge >= 0.3 is 0 Å². The normalized spacial score (nSPS) is 57.2. The van der Waals surface area contributed by atoms with Crippen molar-refractivity contribution in [2.45, 2.75) is 121 Å². The summed E-state index contributed by atoms with van der Waals surface area (Å²) in [6, 6.07) is 0.603. The third kappa shape index (κ3) is 3.26. The second-order valence-corrected chi connectivity index (χ2v) is 15.7. The first kappa shape index (κ1) is 23.7. The molecule has 3 saturated carbocycles. The van der Waals surface area contributed by atoms with Gasteiger partial charge in [-0.1, -0.05) is 31.9 Å². The SMILES string of the molecule is CC1=NC2CC3CCC4[C@@H]5CCC6(CC(C)=C5C[C@@H]4[C@@]3(C)CC2S1)O[C@@H]1C[C@H](C)CN[C@@]1(N)[C@H]6C. The molecule has 0 radical (unpaired) electrons. The minimum atomic E-state index is -0.358. The summed E-state index contributed by atoms with van der Waals surface area (Å²) in [5.41, 5.74) is 10.6. The third-order valence-electron chi connectivity index (χ3n) is 12.6. The van der Waals surface area contributed by atoms with Crippen molar-refractivity contribution in [3.05, 3.63) is 11.1 Å². The summed E-state index contributed by atoms with van der Waals surface area (Å²) >= 11 is 2.09. The topological polar surface area (TPSA) is 59.6 Å². The molecule has 194 valence electrons. The minimum Gasteiger partial charge on any atom is -0.368 e. The molecule has 3 N–H and O–H groups in total. The Morgan fingerprint density at radius 3 is 2.80 bits per heavy atom. The molecule has 3 aliphatic heterocycles. The summed E-state index contributed by atoms with van der Waals surface area (Å²) in [6.07, 6.45) is 11.8. The maximum atomic E-state index is 7.07. The van der Waals surface area contributed by atoms with Gasteiger partial charge in [0.25, 0.3) is 0 Å². The number of nitrogens with two attached hydrogens (primary N) is 1. The first-order chi connectivity index (χ1) is 16.6. The number of ether oxygens (including phenoxy) is 1. The van der Waals surface area contributed by atoms with Gasteiger partial charge in [-0.2, -0.15) is 0 Å². The molecule has 1 spiro atoms. The van der Waals surface area contributed by atoms with Gasteiger partial charge in [0.1, 0.15) is 0 Å². The van der Waals surface area contributed by atoms with Crippen LogP contribution in [0.15, 0.2) is 16.1 Å². The molecule has 0 amide bonds. The van der Waals surface area contributed by atoms with Crippen LogP contribution in [0.25, 0.3) is 0 Å². The first-order valence-corrected chi connectivity index (χ1v) is 15.6. The fourth-order valence-electron chi connectivity index (χ4n) is 10.6. The lowest BCUT2D eigenvalue weighted by atomic mass is 9.52. The predicted molar refractivity (Wildman–Crippen MR) is 145 cm³/mol. The fourth-order valence-corrected chi connectivity index (χ4v) is 12.0. The number of piperidine rings is 1. The number of thioether (sulfide) groups is 1. The zero-order valence-corrected chi connectivity index (χ0v) is 23.4. The van der Waals surface area contributed by atoms with E-state index in [1.165, 1.54) is 50.0 Å². The van der Waals surface area contributed by atoms with Crippen molar-refractivity contribution < 1.29 is 4.74 Å². The predicted octanol–water partition coefficient (Wildman–Crippen LogP) is 5.91. The summed E-state index contributed by atoms with van der Waals surface area (Å²) in [7, 11) is 0. The van der Waals surface area contributed by atoms with Crippen LogP contribution in [0.2, 0.25) is 0 Å². The molecule has 0 aromatic carbocycles. The van der Waals surface area contributed by atoms with Crippen LogP contribution in [0.5, 0.6) is 0 Å². The molecule has 0 aromatic heterocycles. The van der Waals surface area contributed by atoms with Crippen molar-refractivity contribution in [3.63, 3.8) is 0 Å². The van der Waals surface area contributed by atoms with Gasteiger partial charge in [-0.3, -0.25) is 10.3 Å². The first-order valence-electron chi connectivity index (χ1n) is 14.7. The summed E-state index contributed by atoms with van der Waals surface area (Å²) in [5, 5.41) is 5.82. The van der Waals surface area contributed by atoms with Crippen LogP contribution in [0.3, 0.4) is 0 Å². The Morgan fingerprint density at radius 1 is 1.14 bits per heavy atom. The molecule has 0 bridgehead atoms. The zero-order valence-electron chi connectivity index (χ0n) is 22.6. The number of nitrogens with zero attached hydrogens (tertiary/aromatic N) is 1. The molecule has 3 heterocycles. The molecule has 4 aliphatic carbocycles. The van der Waals surface area contributed by atoms with Crippen LogP contribution in [-0.4, -0.2) is 40.2 Å². The Hall–Kier alpha value is -0.360. The van der Waals surface area contributed by atoms with Crippen molar-refractivity contribution >= 4 is 16.8 Å². The summed E-state index contributed by atoms with van der Waals surface area (Å²) in [6.45, 7) is 13.1. The van der Waals surface area contributed by atoms with Gasteiger partial charge in [-0.05, 0) is 113 Å². The number of rotatable bonds is 0. The molecule has 12 atom stereocenters. The number of nitrogens with one attached hydrogen (secondary N) is 1. The van der Waals surface area contributed by atoms with E-state index in [1.807, 2.05) is 5.57 Å². The van der Waals surface area contributed by atoms with Crippen LogP contribution < -0.4 is 11.1 Å². The van der Waals surface area contributed by atoms with E-state index in [9.17, 15) is 0 Å². The van der Waals surface area contributed by atoms with Crippen LogP contribution in [0.1, 0.15) is 92.4 Å². The van der Waals surface area contributed by atoms with E-state index >= 15 is 0 Å². The van der Waals surface area contributed by atoms with Crippen LogP contribution in [0, 0.1) is 40.9 Å². The Balaban J connectivity index is 1.17. The number of aliphatic imine (C=N–C) groups is 1. The molecule has 7 rings (SSSR count). The lowest BCUT2D eigenvalue weighted by Gasteiger charge is -2.55. The maximum absolute atomic E-state index is 7.07. The van der Waals surface area contributed by atoms with E-state index in [0.29, 0.717) is 23.3 Å². The van der Waals surface area contributed by atoms with Crippen molar-refractivity contribution in [1.29, 1.82) is 0 Å². The lowest BCUT2D eigenvalue weighted by molar-refractivity contribution is -0.0777. The van der Waals surface area contributed by atoms with Gasteiger partial charge in [0.05, 0.1) is 28.5 Å². The highest BCUT2D eigenvalue weighted by Gasteiger charge is 2.63. The van der Waals surface area contributed by atoms with Crippen molar-refractivity contribution in [2.24, 2.45) is 51.6 Å². The van der Waals surface area contributed by atoms with E-state index in [2.05, 4.69) is 51.7 Å². The van der Waals surface area contributed by atoms with Gasteiger partial charge in [0.15, 0.2) is 0 Å². The second-order valence-electron chi connectivity index (χ2n) is 14.2. The highest BCUT2D eigenvalue weighted by Crippen LogP contribution is 2.66. The Labute approximate surface area is 217 Å². The monoisotopic (exact) mass is 497 g/mol. The van der Waals surface area contributed by atoms with Crippen LogP contribution in [-0.2, 0) is 4.74 Å². The summed E-state index contributed by atoms with van der Waals surface area (Å²) in [5.74, 6) is 4.40. The third-order valence-corrected chi connectivity index (χ3v) is 13.8. The number of allylic oxidation sites excluding steroid dienone is 1. The molecule has 5 unspecified atom stereocenters. The van der Waals surface area contributed by atoms with E-state index < -0.39 is 0 Å². The van der Waals surface area contributed by atoms with Crippen LogP contribution in [0.4, 0.5) is 0 Å². The van der Waals surface area contributed by atoms with E-state index in [0.717, 1.165) is 48.3 Å². The molecule has 0 aromatic rings. The average molecular weight is 498 g/mol. The van der Waals surface area contributed by atoms with Crippen molar-refractivity contribution in [3.8, 4) is 0 Å². The number of hydrogen-bond donors (Lipinski definition) is 2. The highest BCUT2D eigenvalue weighted by atomic mass is 32.2. The molecular weight excluding hydrogens is 450 g/mol. The quantitative estimate of drug-likeness (QED) is 0.409. The molecule has 35 heavy (non-hydrogen) atoms. The van der Waals surface area contributed by atoms with E-state index in [1.54, 1.807) is 5.57 Å². The molecule has 4 nitrogen and oxygen atoms in total. The minimum absolute atomic E-state index is 0.0814. The smallest absolute Gasteiger partial charge is 0.0986 e. The van der Waals surface area contributed by atoms with Crippen LogP contribution >= 0.6 is 11.8 Å².